The summed E-state index contributed by atoms with van der Waals surface area (Å²) in [5.74, 6) is 1.91. The monoisotopic (exact) mass is 354 g/mol. The Hall–Kier alpha value is -1.92. The minimum atomic E-state index is 0. The Morgan fingerprint density at radius 2 is 2.17 bits per heavy atom. The van der Waals surface area contributed by atoms with Crippen LogP contribution >= 0.6 is 12.4 Å². The Labute approximate surface area is 148 Å². The molecule has 0 radical (unpaired) electrons. The lowest BCUT2D eigenvalue weighted by Crippen LogP contribution is -2.50. The van der Waals surface area contributed by atoms with Gasteiger partial charge < -0.3 is 24.4 Å². The van der Waals surface area contributed by atoms with Crippen LogP contribution in [0.5, 0.6) is 17.2 Å². The maximum atomic E-state index is 12.3. The molecule has 0 saturated carbocycles. The number of benzene rings is 1. The minimum absolute atomic E-state index is 0. The molecule has 7 heteroatoms. The van der Waals surface area contributed by atoms with Crippen LogP contribution in [0.4, 0.5) is 0 Å². The zero-order chi connectivity index (χ0) is 16.2. The van der Waals surface area contributed by atoms with Crippen molar-refractivity contribution in [1.29, 1.82) is 0 Å². The molecule has 1 aromatic rings. The molecule has 1 amide bonds. The third kappa shape index (κ3) is 4.13. The van der Waals surface area contributed by atoms with Crippen molar-refractivity contribution in [3.05, 3.63) is 23.8 Å². The van der Waals surface area contributed by atoms with Crippen molar-refractivity contribution in [3.63, 3.8) is 0 Å². The third-order valence-corrected chi connectivity index (χ3v) is 3.95. The molecular weight excluding hydrogens is 332 g/mol. The number of hydrogen-bond acceptors (Lipinski definition) is 5. The molecule has 6 nitrogen and oxygen atoms in total. The first-order chi connectivity index (χ1) is 11.2. The number of halogens is 1. The van der Waals surface area contributed by atoms with Crippen LogP contribution in [0.1, 0.15) is 12.5 Å². The van der Waals surface area contributed by atoms with Crippen molar-refractivity contribution < 1.29 is 19.0 Å². The number of carbonyl (C=O) groups excluding carboxylic acids is 1. The van der Waals surface area contributed by atoms with Gasteiger partial charge in [0.05, 0.1) is 7.11 Å². The summed E-state index contributed by atoms with van der Waals surface area (Å²) in [6.07, 6.45) is 3.39. The van der Waals surface area contributed by atoms with E-state index >= 15 is 0 Å². The highest BCUT2D eigenvalue weighted by Crippen LogP contribution is 2.40. The predicted octanol–water partition coefficient (Wildman–Crippen LogP) is 1.72. The Balaban J connectivity index is 0.00000208. The van der Waals surface area contributed by atoms with Gasteiger partial charge in [0, 0.05) is 31.8 Å². The van der Waals surface area contributed by atoms with Crippen LogP contribution in [-0.2, 0) is 4.79 Å². The Bertz CT molecular complexity index is 604. The standard InChI is InChI=1S/C17H22N2O4.ClH/c1-12-11-19(6-5-18-12)16(20)4-3-13-9-14(21-2)17-15(10-13)22-7-8-23-17;/h3-4,9-10,12,18H,5-8,11H2,1-2H3;1H. The van der Waals surface area contributed by atoms with Gasteiger partial charge in [-0.05, 0) is 30.7 Å². The summed E-state index contributed by atoms with van der Waals surface area (Å²) in [5, 5.41) is 3.32. The zero-order valence-corrected chi connectivity index (χ0v) is 14.7. The smallest absolute Gasteiger partial charge is 0.246 e. The number of ether oxygens (including phenoxy) is 3. The molecule has 1 fully saturated rings. The molecule has 1 N–H and O–H groups in total. The van der Waals surface area contributed by atoms with E-state index in [1.807, 2.05) is 17.0 Å². The largest absolute Gasteiger partial charge is 0.493 e. The molecule has 0 bridgehead atoms. The second-order valence-electron chi connectivity index (χ2n) is 5.72. The van der Waals surface area contributed by atoms with Crippen LogP contribution in [-0.4, -0.2) is 56.8 Å². The van der Waals surface area contributed by atoms with Crippen molar-refractivity contribution in [3.8, 4) is 17.2 Å². The van der Waals surface area contributed by atoms with Crippen LogP contribution < -0.4 is 19.5 Å². The molecule has 2 aliphatic heterocycles. The molecular formula is C17H23ClN2O4. The van der Waals surface area contributed by atoms with E-state index in [1.165, 1.54) is 0 Å². The maximum absolute atomic E-state index is 12.3. The molecule has 3 rings (SSSR count). The highest BCUT2D eigenvalue weighted by atomic mass is 35.5. The average Bonchev–Trinajstić information content (AvgIpc) is 2.58. The molecule has 2 heterocycles. The number of piperazine rings is 1. The summed E-state index contributed by atoms with van der Waals surface area (Å²) in [4.78, 5) is 14.1. The summed E-state index contributed by atoms with van der Waals surface area (Å²) >= 11 is 0. The highest BCUT2D eigenvalue weighted by Gasteiger charge is 2.20. The maximum Gasteiger partial charge on any atom is 0.246 e. The van der Waals surface area contributed by atoms with Crippen LogP contribution in [0.15, 0.2) is 18.2 Å². The van der Waals surface area contributed by atoms with E-state index in [9.17, 15) is 4.79 Å². The van der Waals surface area contributed by atoms with E-state index < -0.39 is 0 Å². The number of rotatable bonds is 3. The van der Waals surface area contributed by atoms with E-state index in [4.69, 9.17) is 14.2 Å². The minimum Gasteiger partial charge on any atom is -0.493 e. The van der Waals surface area contributed by atoms with E-state index in [0.29, 0.717) is 36.5 Å². The van der Waals surface area contributed by atoms with Gasteiger partial charge in [-0.15, -0.1) is 12.4 Å². The molecule has 2 aliphatic rings. The quantitative estimate of drug-likeness (QED) is 0.838. The summed E-state index contributed by atoms with van der Waals surface area (Å²) in [5.41, 5.74) is 0.850. The van der Waals surface area contributed by atoms with Crippen molar-refractivity contribution in [1.82, 2.24) is 10.2 Å². The number of fused-ring (bicyclic) bond motifs is 1. The van der Waals surface area contributed by atoms with Crippen LogP contribution in [0.2, 0.25) is 0 Å². The van der Waals surface area contributed by atoms with Gasteiger partial charge in [-0.25, -0.2) is 0 Å². The molecule has 24 heavy (non-hydrogen) atoms. The molecule has 0 spiro atoms. The topological polar surface area (TPSA) is 60.0 Å². The number of nitrogens with zero attached hydrogens (tertiary/aromatic N) is 1. The first kappa shape index (κ1) is 18.4. The predicted molar refractivity (Wildman–Crippen MR) is 94.3 cm³/mol. The van der Waals surface area contributed by atoms with Gasteiger partial charge in [0.2, 0.25) is 11.7 Å². The number of amides is 1. The lowest BCUT2D eigenvalue weighted by molar-refractivity contribution is -0.127. The summed E-state index contributed by atoms with van der Waals surface area (Å²) in [7, 11) is 1.59. The van der Waals surface area contributed by atoms with E-state index in [2.05, 4.69) is 12.2 Å². The Kier molecular flexibility index (Phi) is 6.34. The van der Waals surface area contributed by atoms with Gasteiger partial charge in [0.1, 0.15) is 13.2 Å². The van der Waals surface area contributed by atoms with Crippen molar-refractivity contribution in [2.45, 2.75) is 13.0 Å². The first-order valence-electron chi connectivity index (χ1n) is 7.85. The fourth-order valence-electron chi connectivity index (χ4n) is 2.80. The Morgan fingerprint density at radius 1 is 1.38 bits per heavy atom. The van der Waals surface area contributed by atoms with Gasteiger partial charge in [-0.1, -0.05) is 0 Å². The number of nitrogens with one attached hydrogen (secondary N) is 1. The van der Waals surface area contributed by atoms with Crippen molar-refractivity contribution in [2.24, 2.45) is 0 Å². The second-order valence-corrected chi connectivity index (χ2v) is 5.72. The molecule has 0 aromatic heterocycles. The van der Waals surface area contributed by atoms with Gasteiger partial charge in [-0.3, -0.25) is 4.79 Å². The molecule has 1 unspecified atom stereocenters. The summed E-state index contributed by atoms with van der Waals surface area (Å²) < 4.78 is 16.5. The summed E-state index contributed by atoms with van der Waals surface area (Å²) in [6, 6.07) is 4.04. The molecule has 1 aromatic carbocycles. The fraction of sp³-hybridized carbons (Fsp3) is 0.471. The zero-order valence-electron chi connectivity index (χ0n) is 13.9. The normalized spacial score (nSPS) is 19.8. The average molecular weight is 355 g/mol. The van der Waals surface area contributed by atoms with Crippen molar-refractivity contribution >= 4 is 24.4 Å². The number of hydrogen-bond donors (Lipinski definition) is 1. The number of methoxy groups -OCH3 is 1. The fourth-order valence-corrected chi connectivity index (χ4v) is 2.80. The molecule has 1 atom stereocenters. The van der Waals surface area contributed by atoms with Gasteiger partial charge in [-0.2, -0.15) is 0 Å². The third-order valence-electron chi connectivity index (χ3n) is 3.95. The highest BCUT2D eigenvalue weighted by molar-refractivity contribution is 5.92. The SMILES string of the molecule is COc1cc(C=CC(=O)N2CCNC(C)C2)cc2c1OCCO2.Cl. The first-order valence-corrected chi connectivity index (χ1v) is 7.85. The second kappa shape index (κ2) is 8.26. The van der Waals surface area contributed by atoms with Crippen LogP contribution in [0, 0.1) is 0 Å². The summed E-state index contributed by atoms with van der Waals surface area (Å²) in [6.45, 7) is 5.40. The van der Waals surface area contributed by atoms with Gasteiger partial charge in [0.25, 0.3) is 0 Å². The van der Waals surface area contributed by atoms with E-state index in [1.54, 1.807) is 19.3 Å². The molecule has 132 valence electrons. The number of carbonyl (C=O) groups is 1. The van der Waals surface area contributed by atoms with Crippen LogP contribution in [0.25, 0.3) is 6.08 Å². The van der Waals surface area contributed by atoms with Gasteiger partial charge >= 0.3 is 0 Å². The van der Waals surface area contributed by atoms with Gasteiger partial charge in [0.15, 0.2) is 11.5 Å². The van der Waals surface area contributed by atoms with E-state index in [0.717, 1.165) is 25.2 Å². The molecule has 1 saturated heterocycles. The Morgan fingerprint density at radius 3 is 2.92 bits per heavy atom. The van der Waals surface area contributed by atoms with Crippen LogP contribution in [0.3, 0.4) is 0 Å². The lowest BCUT2D eigenvalue weighted by Gasteiger charge is -2.31. The van der Waals surface area contributed by atoms with Crippen molar-refractivity contribution in [2.75, 3.05) is 40.0 Å². The molecule has 0 aliphatic carbocycles. The lowest BCUT2D eigenvalue weighted by atomic mass is 10.1. The van der Waals surface area contributed by atoms with E-state index in [-0.39, 0.29) is 18.3 Å².